The number of hydrogen-bond donors (Lipinski definition) is 2. The summed E-state index contributed by atoms with van der Waals surface area (Å²) in [6.45, 7) is 1.87. The van der Waals surface area contributed by atoms with Gasteiger partial charge in [-0.25, -0.2) is 10.2 Å². The van der Waals surface area contributed by atoms with Gasteiger partial charge in [0.05, 0.1) is 32.0 Å². The zero-order valence-corrected chi connectivity index (χ0v) is 20.4. The Kier molecular flexibility index (Phi) is 9.41. The molecule has 0 atom stereocenters. The van der Waals surface area contributed by atoms with Gasteiger partial charge in [0.15, 0.2) is 11.5 Å². The first-order valence-corrected chi connectivity index (χ1v) is 11.3. The average molecular weight is 510 g/mol. The zero-order chi connectivity index (χ0) is 25.9. The SMILES string of the molecule is CCOc1cc(/C=N\NC(=O)CNC(=O)c2cccc(Cl)c2)ccc1OC(=O)c1ccc(OC)cc1. The summed E-state index contributed by atoms with van der Waals surface area (Å²) in [4.78, 5) is 36.6. The number of amides is 2. The van der Waals surface area contributed by atoms with E-state index >= 15 is 0 Å². The van der Waals surface area contributed by atoms with Crippen molar-refractivity contribution in [1.29, 1.82) is 0 Å². The van der Waals surface area contributed by atoms with Crippen LogP contribution in [0.5, 0.6) is 17.2 Å². The first-order valence-electron chi connectivity index (χ1n) is 10.9. The van der Waals surface area contributed by atoms with Crippen LogP contribution in [0.15, 0.2) is 71.8 Å². The lowest BCUT2D eigenvalue weighted by Gasteiger charge is -2.11. The van der Waals surface area contributed by atoms with Crippen LogP contribution >= 0.6 is 11.6 Å². The molecule has 3 aromatic carbocycles. The molecule has 0 unspecified atom stereocenters. The summed E-state index contributed by atoms with van der Waals surface area (Å²) in [5.74, 6) is -0.298. The predicted molar refractivity (Wildman–Crippen MR) is 135 cm³/mol. The van der Waals surface area contributed by atoms with Crippen LogP contribution < -0.4 is 25.0 Å². The molecule has 186 valence electrons. The molecule has 36 heavy (non-hydrogen) atoms. The van der Waals surface area contributed by atoms with E-state index in [1.54, 1.807) is 74.7 Å². The Bertz CT molecular complexity index is 1260. The lowest BCUT2D eigenvalue weighted by atomic mass is 10.2. The van der Waals surface area contributed by atoms with Crippen molar-refractivity contribution in [3.63, 3.8) is 0 Å². The van der Waals surface area contributed by atoms with Crippen molar-refractivity contribution in [3.8, 4) is 17.2 Å². The number of hydrogen-bond acceptors (Lipinski definition) is 7. The number of hydrazone groups is 1. The third kappa shape index (κ3) is 7.57. The molecule has 0 heterocycles. The monoisotopic (exact) mass is 509 g/mol. The predicted octanol–water partition coefficient (Wildman–Crippen LogP) is 3.85. The molecule has 0 saturated carbocycles. The van der Waals surface area contributed by atoms with Gasteiger partial charge < -0.3 is 19.5 Å². The van der Waals surface area contributed by atoms with Crippen molar-refractivity contribution >= 4 is 35.6 Å². The van der Waals surface area contributed by atoms with Gasteiger partial charge in [-0.3, -0.25) is 9.59 Å². The Labute approximate surface area is 213 Å². The molecule has 0 saturated heterocycles. The van der Waals surface area contributed by atoms with Crippen LogP contribution in [0.3, 0.4) is 0 Å². The first kappa shape index (κ1) is 26.2. The molecule has 9 nitrogen and oxygen atoms in total. The number of carbonyl (C=O) groups is 3. The van der Waals surface area contributed by atoms with E-state index in [4.69, 9.17) is 25.8 Å². The van der Waals surface area contributed by atoms with Gasteiger partial charge in [0.2, 0.25) is 0 Å². The normalized spacial score (nSPS) is 10.5. The van der Waals surface area contributed by atoms with Crippen LogP contribution in [-0.2, 0) is 4.79 Å². The lowest BCUT2D eigenvalue weighted by Crippen LogP contribution is -2.34. The number of esters is 1. The molecule has 0 aromatic heterocycles. The molecule has 0 bridgehead atoms. The van der Waals surface area contributed by atoms with Crippen LogP contribution in [0, 0.1) is 0 Å². The van der Waals surface area contributed by atoms with Gasteiger partial charge in [-0.1, -0.05) is 17.7 Å². The maximum atomic E-state index is 12.5. The third-order valence-electron chi connectivity index (χ3n) is 4.70. The number of carbonyl (C=O) groups excluding carboxylic acids is 3. The molecule has 0 aliphatic heterocycles. The molecule has 2 amide bonds. The molecule has 0 radical (unpaired) electrons. The van der Waals surface area contributed by atoms with Gasteiger partial charge in [-0.15, -0.1) is 0 Å². The molecule has 3 aromatic rings. The Morgan fingerprint density at radius 2 is 1.75 bits per heavy atom. The van der Waals surface area contributed by atoms with Gasteiger partial charge in [-0.05, 0) is 73.2 Å². The second kappa shape index (κ2) is 12.9. The Hall–Kier alpha value is -4.37. The van der Waals surface area contributed by atoms with Crippen molar-refractivity contribution in [3.05, 3.63) is 88.4 Å². The van der Waals surface area contributed by atoms with Gasteiger partial charge in [0, 0.05) is 10.6 Å². The highest BCUT2D eigenvalue weighted by Crippen LogP contribution is 2.29. The van der Waals surface area contributed by atoms with Gasteiger partial charge in [0.1, 0.15) is 5.75 Å². The molecule has 10 heteroatoms. The number of nitrogens with one attached hydrogen (secondary N) is 2. The highest BCUT2D eigenvalue weighted by atomic mass is 35.5. The number of benzene rings is 3. The number of halogens is 1. The fourth-order valence-corrected chi connectivity index (χ4v) is 3.14. The quantitative estimate of drug-likeness (QED) is 0.186. The van der Waals surface area contributed by atoms with E-state index in [1.807, 2.05) is 0 Å². The molecule has 0 aliphatic rings. The van der Waals surface area contributed by atoms with E-state index in [9.17, 15) is 14.4 Å². The highest BCUT2D eigenvalue weighted by molar-refractivity contribution is 6.31. The van der Waals surface area contributed by atoms with E-state index in [0.717, 1.165) is 0 Å². The highest BCUT2D eigenvalue weighted by Gasteiger charge is 2.14. The van der Waals surface area contributed by atoms with Crippen molar-refractivity contribution in [1.82, 2.24) is 10.7 Å². The van der Waals surface area contributed by atoms with Gasteiger partial charge in [0.25, 0.3) is 11.8 Å². The van der Waals surface area contributed by atoms with Crippen molar-refractivity contribution in [2.45, 2.75) is 6.92 Å². The van der Waals surface area contributed by atoms with Crippen LogP contribution in [-0.4, -0.2) is 44.3 Å². The molecule has 3 rings (SSSR count). The molecular formula is C26H24ClN3O6. The van der Waals surface area contributed by atoms with Crippen LogP contribution in [0.25, 0.3) is 0 Å². The zero-order valence-electron chi connectivity index (χ0n) is 19.6. The number of methoxy groups -OCH3 is 1. The van der Waals surface area contributed by atoms with Crippen molar-refractivity contribution < 1.29 is 28.6 Å². The van der Waals surface area contributed by atoms with E-state index in [0.29, 0.717) is 39.8 Å². The minimum absolute atomic E-state index is 0.239. The summed E-state index contributed by atoms with van der Waals surface area (Å²) in [6.07, 6.45) is 1.40. The van der Waals surface area contributed by atoms with E-state index < -0.39 is 17.8 Å². The number of ether oxygens (including phenoxy) is 3. The Morgan fingerprint density at radius 1 is 0.972 bits per heavy atom. The Balaban J connectivity index is 1.57. The summed E-state index contributed by atoms with van der Waals surface area (Å²) in [7, 11) is 1.54. The van der Waals surface area contributed by atoms with Crippen LogP contribution in [0.2, 0.25) is 5.02 Å². The molecule has 2 N–H and O–H groups in total. The maximum Gasteiger partial charge on any atom is 0.343 e. The summed E-state index contributed by atoms with van der Waals surface area (Å²) in [5.41, 5.74) is 3.62. The molecule has 0 fully saturated rings. The summed E-state index contributed by atoms with van der Waals surface area (Å²) >= 11 is 5.87. The molecule has 0 aliphatic carbocycles. The Morgan fingerprint density at radius 3 is 2.44 bits per heavy atom. The van der Waals surface area contributed by atoms with E-state index in [2.05, 4.69) is 15.8 Å². The van der Waals surface area contributed by atoms with Crippen molar-refractivity contribution in [2.24, 2.45) is 5.10 Å². The summed E-state index contributed by atoms with van der Waals surface area (Å²) in [5, 5.41) is 6.80. The smallest absolute Gasteiger partial charge is 0.343 e. The topological polar surface area (TPSA) is 115 Å². The van der Waals surface area contributed by atoms with E-state index in [-0.39, 0.29) is 12.3 Å². The summed E-state index contributed by atoms with van der Waals surface area (Å²) < 4.78 is 16.2. The molecule has 0 spiro atoms. The number of nitrogens with zero attached hydrogens (tertiary/aromatic N) is 1. The first-order chi connectivity index (χ1) is 17.4. The fourth-order valence-electron chi connectivity index (χ4n) is 2.95. The third-order valence-corrected chi connectivity index (χ3v) is 4.93. The van der Waals surface area contributed by atoms with Crippen molar-refractivity contribution in [2.75, 3.05) is 20.3 Å². The minimum atomic E-state index is -0.549. The second-order valence-electron chi connectivity index (χ2n) is 7.24. The van der Waals surface area contributed by atoms with Crippen LogP contribution in [0.1, 0.15) is 33.2 Å². The van der Waals surface area contributed by atoms with Gasteiger partial charge in [-0.2, -0.15) is 5.10 Å². The van der Waals surface area contributed by atoms with Gasteiger partial charge >= 0.3 is 5.97 Å². The van der Waals surface area contributed by atoms with E-state index in [1.165, 1.54) is 12.3 Å². The largest absolute Gasteiger partial charge is 0.497 e. The second-order valence-corrected chi connectivity index (χ2v) is 7.68. The summed E-state index contributed by atoms with van der Waals surface area (Å²) in [6, 6.07) is 17.7. The average Bonchev–Trinajstić information content (AvgIpc) is 2.88. The standard InChI is InChI=1S/C26H24ClN3O6/c1-3-35-23-13-17(7-12-22(23)36-26(33)18-8-10-21(34-2)11-9-18)15-29-30-24(31)16-28-25(32)19-5-4-6-20(27)14-19/h4-15H,3,16H2,1-2H3,(H,28,32)(H,30,31)/b29-15-. The molecular weight excluding hydrogens is 486 g/mol. The fraction of sp³-hybridized carbons (Fsp3) is 0.154. The number of rotatable bonds is 10. The lowest BCUT2D eigenvalue weighted by molar-refractivity contribution is -0.120. The minimum Gasteiger partial charge on any atom is -0.497 e. The maximum absolute atomic E-state index is 12.5. The van der Waals surface area contributed by atoms with Crippen LogP contribution in [0.4, 0.5) is 0 Å².